The number of nitrogens with one attached hydrogen (secondary N) is 1. The number of carbonyl (C=O) groups is 1. The number of benzene rings is 2. The number of hydrogen-bond acceptors (Lipinski definition) is 4. The highest BCUT2D eigenvalue weighted by Gasteiger charge is 2.31. The zero-order valence-corrected chi connectivity index (χ0v) is 18.8. The summed E-state index contributed by atoms with van der Waals surface area (Å²) in [6, 6.07) is 9.58. The minimum absolute atomic E-state index is 0.0430. The molecule has 0 bridgehead atoms. The number of aryl methyl sites for hydroxylation is 1. The number of hydrogen-bond donors (Lipinski definition) is 1. The maximum absolute atomic E-state index is 13.1. The van der Waals surface area contributed by atoms with Crippen molar-refractivity contribution in [2.45, 2.75) is 36.8 Å². The normalized spacial score (nSPS) is 15.0. The Bertz CT molecular complexity index is 1060. The molecule has 1 aliphatic rings. The predicted molar refractivity (Wildman–Crippen MR) is 117 cm³/mol. The molecule has 1 saturated heterocycles. The molecular weight excluding hydrogens is 443 g/mol. The van der Waals surface area contributed by atoms with Crippen LogP contribution < -0.4 is 10.2 Å². The lowest BCUT2D eigenvalue weighted by atomic mass is 10.1. The summed E-state index contributed by atoms with van der Waals surface area (Å²) in [5.41, 5.74) is 0.468. The molecule has 10 heteroatoms. The Balaban J connectivity index is 1.65. The highest BCUT2D eigenvalue weighted by Crippen LogP contribution is 2.35. The summed E-state index contributed by atoms with van der Waals surface area (Å²) in [5, 5.41) is 2.56. The highest BCUT2D eigenvalue weighted by molar-refractivity contribution is 7.89. The molecule has 0 saturated carbocycles. The van der Waals surface area contributed by atoms with Crippen LogP contribution in [0.1, 0.15) is 30.4 Å². The molecule has 0 atom stereocenters. The van der Waals surface area contributed by atoms with Gasteiger partial charge in [0.15, 0.2) is 0 Å². The van der Waals surface area contributed by atoms with Gasteiger partial charge in [0.2, 0.25) is 15.9 Å². The van der Waals surface area contributed by atoms with E-state index < -0.39 is 27.7 Å². The van der Waals surface area contributed by atoms with Crippen LogP contribution in [0.2, 0.25) is 0 Å². The number of nitrogens with zero attached hydrogens (tertiary/aromatic N) is 2. The molecule has 1 amide bonds. The third-order valence-electron chi connectivity index (χ3n) is 5.35. The van der Waals surface area contributed by atoms with Crippen molar-refractivity contribution in [3.8, 4) is 0 Å². The third kappa shape index (κ3) is 5.60. The van der Waals surface area contributed by atoms with E-state index in [1.54, 1.807) is 31.1 Å². The van der Waals surface area contributed by atoms with Gasteiger partial charge in [-0.15, -0.1) is 0 Å². The van der Waals surface area contributed by atoms with Crippen LogP contribution in [0.4, 0.5) is 24.5 Å². The van der Waals surface area contributed by atoms with Crippen molar-refractivity contribution in [3.63, 3.8) is 0 Å². The molecule has 6 nitrogen and oxygen atoms in total. The average molecular weight is 470 g/mol. The van der Waals surface area contributed by atoms with Crippen molar-refractivity contribution in [2.75, 3.05) is 37.4 Å². The van der Waals surface area contributed by atoms with E-state index in [2.05, 4.69) is 5.32 Å². The summed E-state index contributed by atoms with van der Waals surface area (Å²) in [5.74, 6) is -0.429. The number of rotatable bonds is 7. The van der Waals surface area contributed by atoms with E-state index >= 15 is 0 Å². The molecule has 0 spiro atoms. The number of carbonyl (C=O) groups excluding carboxylic acids is 1. The fourth-order valence-corrected chi connectivity index (χ4v) is 5.10. The molecule has 2 aromatic carbocycles. The topological polar surface area (TPSA) is 69.7 Å². The van der Waals surface area contributed by atoms with Crippen LogP contribution in [0.25, 0.3) is 0 Å². The number of amides is 1. The highest BCUT2D eigenvalue weighted by atomic mass is 32.2. The summed E-state index contributed by atoms with van der Waals surface area (Å²) in [7, 11) is -0.146. The second-order valence-electron chi connectivity index (χ2n) is 7.93. The molecule has 3 rings (SSSR count). The second-order valence-corrected chi connectivity index (χ2v) is 9.87. The van der Waals surface area contributed by atoms with Gasteiger partial charge in [0, 0.05) is 33.6 Å². The van der Waals surface area contributed by atoms with Crippen LogP contribution in [-0.4, -0.2) is 45.8 Å². The summed E-state index contributed by atoms with van der Waals surface area (Å²) in [6.07, 6.45) is -2.43. The largest absolute Gasteiger partial charge is 0.416 e. The van der Waals surface area contributed by atoms with Gasteiger partial charge in [0.25, 0.3) is 0 Å². The molecule has 1 aliphatic heterocycles. The van der Waals surface area contributed by atoms with Crippen LogP contribution >= 0.6 is 0 Å². The SMILES string of the molecule is CN(C)c1ccc(C(F)(F)F)cc1NC(=O)CCc1ccc(S(=O)(=O)N2CCCC2)cc1. The number of anilines is 2. The quantitative estimate of drug-likeness (QED) is 0.662. The van der Waals surface area contributed by atoms with E-state index in [9.17, 15) is 26.4 Å². The third-order valence-corrected chi connectivity index (χ3v) is 7.26. The van der Waals surface area contributed by atoms with Crippen molar-refractivity contribution < 1.29 is 26.4 Å². The summed E-state index contributed by atoms with van der Waals surface area (Å²) in [6.45, 7) is 1.05. The standard InChI is InChI=1S/C22H26F3N3O3S/c1-27(2)20-11-8-17(22(23,24)25)15-19(20)26-21(29)12-7-16-5-9-18(10-6-16)32(30,31)28-13-3-4-14-28/h5-6,8-11,15H,3-4,7,12-14H2,1-2H3,(H,26,29). The smallest absolute Gasteiger partial charge is 0.376 e. The maximum atomic E-state index is 13.1. The molecule has 32 heavy (non-hydrogen) atoms. The molecule has 2 aromatic rings. The van der Waals surface area contributed by atoms with Crippen LogP contribution in [0.5, 0.6) is 0 Å². The van der Waals surface area contributed by atoms with Gasteiger partial charge in [-0.25, -0.2) is 8.42 Å². The van der Waals surface area contributed by atoms with Crippen molar-refractivity contribution in [1.29, 1.82) is 0 Å². The first kappa shape index (κ1) is 24.1. The Morgan fingerprint density at radius 1 is 1.06 bits per heavy atom. The first-order valence-electron chi connectivity index (χ1n) is 10.3. The van der Waals surface area contributed by atoms with Gasteiger partial charge in [0.05, 0.1) is 21.8 Å². The van der Waals surface area contributed by atoms with Gasteiger partial charge in [-0.05, 0) is 55.2 Å². The molecule has 1 N–H and O–H groups in total. The summed E-state index contributed by atoms with van der Waals surface area (Å²) >= 11 is 0. The van der Waals surface area contributed by atoms with Gasteiger partial charge in [-0.2, -0.15) is 17.5 Å². The molecule has 0 radical (unpaired) electrons. The molecular formula is C22H26F3N3O3S. The number of sulfonamides is 1. The molecule has 0 aliphatic carbocycles. The van der Waals surface area contributed by atoms with E-state index in [1.165, 1.54) is 22.5 Å². The molecule has 1 fully saturated rings. The monoisotopic (exact) mass is 469 g/mol. The second kappa shape index (κ2) is 9.50. The fraction of sp³-hybridized carbons (Fsp3) is 0.409. The van der Waals surface area contributed by atoms with Gasteiger partial charge >= 0.3 is 6.18 Å². The first-order valence-corrected chi connectivity index (χ1v) is 11.7. The van der Waals surface area contributed by atoms with Crippen molar-refractivity contribution in [3.05, 3.63) is 53.6 Å². The fourth-order valence-electron chi connectivity index (χ4n) is 3.58. The van der Waals surface area contributed by atoms with Gasteiger partial charge in [-0.3, -0.25) is 4.79 Å². The van der Waals surface area contributed by atoms with E-state index in [0.717, 1.165) is 30.5 Å². The Labute approximate surface area is 186 Å². The molecule has 0 aromatic heterocycles. The predicted octanol–water partition coefficient (Wildman–Crippen LogP) is 4.13. The van der Waals surface area contributed by atoms with Crippen LogP contribution in [0.3, 0.4) is 0 Å². The van der Waals surface area contributed by atoms with E-state index in [1.807, 2.05) is 0 Å². The number of alkyl halides is 3. The maximum Gasteiger partial charge on any atom is 0.416 e. The Hall–Kier alpha value is -2.59. The lowest BCUT2D eigenvalue weighted by molar-refractivity contribution is -0.137. The summed E-state index contributed by atoms with van der Waals surface area (Å²) < 4.78 is 65.8. The first-order chi connectivity index (χ1) is 15.0. The molecule has 0 unspecified atom stereocenters. The zero-order valence-electron chi connectivity index (χ0n) is 17.9. The molecule has 174 valence electrons. The minimum atomic E-state index is -4.51. The average Bonchev–Trinajstić information content (AvgIpc) is 3.27. The van der Waals surface area contributed by atoms with Crippen molar-refractivity contribution >= 4 is 27.3 Å². The Morgan fingerprint density at radius 3 is 2.25 bits per heavy atom. The lowest BCUT2D eigenvalue weighted by Gasteiger charge is -2.20. The summed E-state index contributed by atoms with van der Waals surface area (Å²) in [4.78, 5) is 14.2. The minimum Gasteiger partial charge on any atom is -0.376 e. The molecule has 1 heterocycles. The van der Waals surface area contributed by atoms with Gasteiger partial charge in [-0.1, -0.05) is 12.1 Å². The zero-order chi connectivity index (χ0) is 23.5. The number of halogens is 3. The van der Waals surface area contributed by atoms with Crippen LogP contribution in [0.15, 0.2) is 47.4 Å². The van der Waals surface area contributed by atoms with E-state index in [-0.39, 0.29) is 17.0 Å². The Morgan fingerprint density at radius 2 is 1.69 bits per heavy atom. The van der Waals surface area contributed by atoms with Gasteiger partial charge < -0.3 is 10.2 Å². The lowest BCUT2D eigenvalue weighted by Crippen LogP contribution is -2.27. The van der Waals surface area contributed by atoms with E-state index in [0.29, 0.717) is 25.2 Å². The van der Waals surface area contributed by atoms with Crippen molar-refractivity contribution in [1.82, 2.24) is 4.31 Å². The van der Waals surface area contributed by atoms with Crippen LogP contribution in [-0.2, 0) is 27.4 Å². The van der Waals surface area contributed by atoms with Gasteiger partial charge in [0.1, 0.15) is 0 Å². The Kier molecular flexibility index (Phi) is 7.14. The van der Waals surface area contributed by atoms with Crippen molar-refractivity contribution in [2.24, 2.45) is 0 Å². The van der Waals surface area contributed by atoms with Crippen LogP contribution in [0, 0.1) is 0 Å². The van der Waals surface area contributed by atoms with E-state index in [4.69, 9.17) is 0 Å².